The minimum atomic E-state index is -0.303. The zero-order chi connectivity index (χ0) is 20.5. The van der Waals surface area contributed by atoms with Gasteiger partial charge in [-0.05, 0) is 49.4 Å². The van der Waals surface area contributed by atoms with Crippen molar-refractivity contribution in [3.05, 3.63) is 77.6 Å². The van der Waals surface area contributed by atoms with Crippen molar-refractivity contribution in [1.82, 2.24) is 24.2 Å². The Hall–Kier alpha value is -3.48. The normalized spacial score (nSPS) is 11.2. The molecule has 7 heteroatoms. The Balaban J connectivity index is 1.74. The summed E-state index contributed by atoms with van der Waals surface area (Å²) in [6, 6.07) is 13.9. The first-order chi connectivity index (χ1) is 14.0. The first kappa shape index (κ1) is 18.9. The van der Waals surface area contributed by atoms with Crippen molar-refractivity contribution in [1.29, 1.82) is 0 Å². The summed E-state index contributed by atoms with van der Waals surface area (Å²) in [4.78, 5) is 18.6. The average Bonchev–Trinajstić information content (AvgIpc) is 3.30. The van der Waals surface area contributed by atoms with Gasteiger partial charge in [0.15, 0.2) is 0 Å². The van der Waals surface area contributed by atoms with Crippen LogP contribution >= 0.6 is 0 Å². The van der Waals surface area contributed by atoms with E-state index in [0.717, 1.165) is 29.1 Å². The number of hydrogen-bond acceptors (Lipinski definition) is 3. The molecule has 0 N–H and O–H groups in total. The molecule has 4 rings (SSSR count). The van der Waals surface area contributed by atoms with E-state index in [2.05, 4.69) is 16.6 Å². The lowest BCUT2D eigenvalue weighted by Gasteiger charge is -2.10. The van der Waals surface area contributed by atoms with Gasteiger partial charge in [0.25, 0.3) is 5.91 Å². The van der Waals surface area contributed by atoms with Crippen LogP contribution in [0.2, 0.25) is 0 Å². The Kier molecular flexibility index (Phi) is 4.88. The molecule has 0 aliphatic carbocycles. The van der Waals surface area contributed by atoms with Crippen LogP contribution in [0, 0.1) is 5.82 Å². The molecule has 0 saturated heterocycles. The molecule has 2 aromatic carbocycles. The Morgan fingerprint density at radius 2 is 1.97 bits per heavy atom. The second-order valence-corrected chi connectivity index (χ2v) is 7.07. The second kappa shape index (κ2) is 7.50. The van der Waals surface area contributed by atoms with Gasteiger partial charge in [0.1, 0.15) is 11.6 Å². The molecule has 0 saturated carbocycles. The topological polar surface area (TPSA) is 56.0 Å². The number of hydrogen-bond donors (Lipinski definition) is 0. The molecule has 4 aromatic rings. The van der Waals surface area contributed by atoms with E-state index in [4.69, 9.17) is 4.98 Å². The van der Waals surface area contributed by atoms with Gasteiger partial charge in [-0.15, -0.1) is 0 Å². The van der Waals surface area contributed by atoms with Gasteiger partial charge >= 0.3 is 0 Å². The molecule has 148 valence electrons. The summed E-state index contributed by atoms with van der Waals surface area (Å²) < 4.78 is 17.5. The van der Waals surface area contributed by atoms with E-state index in [9.17, 15) is 9.18 Å². The predicted molar refractivity (Wildman–Crippen MR) is 110 cm³/mol. The fourth-order valence-electron chi connectivity index (χ4n) is 3.53. The van der Waals surface area contributed by atoms with Crippen molar-refractivity contribution in [2.24, 2.45) is 0 Å². The fraction of sp³-hybridized carbons (Fsp3) is 0.227. The van der Waals surface area contributed by atoms with Gasteiger partial charge in [0.2, 0.25) is 0 Å². The zero-order valence-corrected chi connectivity index (χ0v) is 16.6. The summed E-state index contributed by atoms with van der Waals surface area (Å²) >= 11 is 0. The number of nitrogens with zero attached hydrogens (tertiary/aromatic N) is 5. The number of aryl methyl sites for hydroxylation is 1. The predicted octanol–water partition coefficient (Wildman–Crippen LogP) is 3.67. The highest BCUT2D eigenvalue weighted by atomic mass is 19.1. The Labute approximate surface area is 168 Å². The highest BCUT2D eigenvalue weighted by molar-refractivity contribution is 5.97. The molecule has 0 unspecified atom stereocenters. The van der Waals surface area contributed by atoms with Crippen LogP contribution in [0.4, 0.5) is 4.39 Å². The number of imidazole rings is 1. The summed E-state index contributed by atoms with van der Waals surface area (Å²) in [5.74, 6) is 0.515. The van der Waals surface area contributed by atoms with Gasteiger partial charge in [0.05, 0.1) is 22.4 Å². The maximum atomic E-state index is 13.6. The third kappa shape index (κ3) is 3.51. The van der Waals surface area contributed by atoms with Crippen molar-refractivity contribution in [3.63, 3.8) is 0 Å². The molecule has 0 atom stereocenters. The lowest BCUT2D eigenvalue weighted by atomic mass is 10.2. The minimum Gasteiger partial charge on any atom is -0.345 e. The Morgan fingerprint density at radius 1 is 1.14 bits per heavy atom. The number of fused-ring (bicyclic) bond motifs is 1. The lowest BCUT2D eigenvalue weighted by Crippen LogP contribution is -2.21. The first-order valence-corrected chi connectivity index (χ1v) is 9.47. The van der Waals surface area contributed by atoms with Crippen LogP contribution in [0.15, 0.2) is 54.7 Å². The van der Waals surface area contributed by atoms with E-state index < -0.39 is 0 Å². The molecule has 0 aliphatic heterocycles. The number of aromatic nitrogens is 4. The molecule has 0 aliphatic rings. The third-order valence-corrected chi connectivity index (χ3v) is 4.91. The van der Waals surface area contributed by atoms with Crippen LogP contribution in [-0.4, -0.2) is 44.2 Å². The largest absolute Gasteiger partial charge is 0.345 e. The standard InChI is InChI=1S/C22H22FN5O/c1-4-27-20-9-8-15(22(29)26(2)3)12-19(20)25-21(27)14-18-10-11-24-28(18)17-7-5-6-16(23)13-17/h5-13H,4,14H2,1-3H3. The quantitative estimate of drug-likeness (QED) is 0.522. The minimum absolute atomic E-state index is 0.0521. The molecular weight excluding hydrogens is 369 g/mol. The van der Waals surface area contributed by atoms with Crippen molar-refractivity contribution in [3.8, 4) is 5.69 Å². The lowest BCUT2D eigenvalue weighted by molar-refractivity contribution is 0.0827. The monoisotopic (exact) mass is 391 g/mol. The number of benzene rings is 2. The van der Waals surface area contributed by atoms with Gasteiger partial charge in [-0.25, -0.2) is 14.1 Å². The van der Waals surface area contributed by atoms with Crippen molar-refractivity contribution < 1.29 is 9.18 Å². The summed E-state index contributed by atoms with van der Waals surface area (Å²) in [7, 11) is 3.46. The number of carbonyl (C=O) groups is 1. The molecule has 2 heterocycles. The number of carbonyl (C=O) groups excluding carboxylic acids is 1. The maximum absolute atomic E-state index is 13.6. The summed E-state index contributed by atoms with van der Waals surface area (Å²) in [6.07, 6.45) is 2.24. The SMILES string of the molecule is CCn1c(Cc2ccnn2-c2cccc(F)c2)nc2cc(C(=O)N(C)C)ccc21. The van der Waals surface area contributed by atoms with Crippen LogP contribution in [0.5, 0.6) is 0 Å². The molecule has 0 fully saturated rings. The smallest absolute Gasteiger partial charge is 0.253 e. The van der Waals surface area contributed by atoms with Gasteiger partial charge in [0, 0.05) is 38.8 Å². The number of halogens is 1. The van der Waals surface area contributed by atoms with Crippen molar-refractivity contribution in [2.75, 3.05) is 14.1 Å². The van der Waals surface area contributed by atoms with E-state index in [1.54, 1.807) is 35.9 Å². The fourth-order valence-corrected chi connectivity index (χ4v) is 3.53. The van der Waals surface area contributed by atoms with Gasteiger partial charge in [-0.2, -0.15) is 5.10 Å². The maximum Gasteiger partial charge on any atom is 0.253 e. The van der Waals surface area contributed by atoms with E-state index in [1.165, 1.54) is 12.1 Å². The summed E-state index contributed by atoms with van der Waals surface area (Å²) in [5.41, 5.74) is 3.95. The molecule has 0 radical (unpaired) electrons. The molecular formula is C22H22FN5O. The van der Waals surface area contributed by atoms with E-state index in [-0.39, 0.29) is 11.7 Å². The van der Waals surface area contributed by atoms with Crippen LogP contribution in [0.1, 0.15) is 28.8 Å². The number of rotatable bonds is 5. The molecule has 0 bridgehead atoms. The average molecular weight is 391 g/mol. The van der Waals surface area contributed by atoms with E-state index >= 15 is 0 Å². The van der Waals surface area contributed by atoms with Crippen molar-refractivity contribution in [2.45, 2.75) is 19.9 Å². The summed E-state index contributed by atoms with van der Waals surface area (Å²) in [6.45, 7) is 2.81. The molecule has 1 amide bonds. The van der Waals surface area contributed by atoms with Crippen LogP contribution < -0.4 is 0 Å². The van der Waals surface area contributed by atoms with E-state index in [0.29, 0.717) is 17.7 Å². The Morgan fingerprint density at radius 3 is 2.69 bits per heavy atom. The molecule has 2 aromatic heterocycles. The third-order valence-electron chi connectivity index (χ3n) is 4.91. The zero-order valence-electron chi connectivity index (χ0n) is 16.6. The molecule has 0 spiro atoms. The van der Waals surface area contributed by atoms with Crippen molar-refractivity contribution >= 4 is 16.9 Å². The van der Waals surface area contributed by atoms with Crippen LogP contribution in [0.3, 0.4) is 0 Å². The highest BCUT2D eigenvalue weighted by Gasteiger charge is 2.16. The number of amides is 1. The molecule has 6 nitrogen and oxygen atoms in total. The van der Waals surface area contributed by atoms with Crippen LogP contribution in [0.25, 0.3) is 16.7 Å². The van der Waals surface area contributed by atoms with Gasteiger partial charge < -0.3 is 9.47 Å². The highest BCUT2D eigenvalue weighted by Crippen LogP contribution is 2.22. The first-order valence-electron chi connectivity index (χ1n) is 9.47. The van der Waals surface area contributed by atoms with Gasteiger partial charge in [-0.3, -0.25) is 4.79 Å². The molecule has 29 heavy (non-hydrogen) atoms. The second-order valence-electron chi connectivity index (χ2n) is 7.07. The summed E-state index contributed by atoms with van der Waals surface area (Å²) in [5, 5.41) is 4.35. The Bertz CT molecular complexity index is 1190. The van der Waals surface area contributed by atoms with Gasteiger partial charge in [-0.1, -0.05) is 6.07 Å². The van der Waals surface area contributed by atoms with Crippen LogP contribution in [-0.2, 0) is 13.0 Å². The van der Waals surface area contributed by atoms with E-state index in [1.807, 2.05) is 30.3 Å².